The summed E-state index contributed by atoms with van der Waals surface area (Å²) in [7, 11) is 1.43. The van der Waals surface area contributed by atoms with Gasteiger partial charge < -0.3 is 9.72 Å². The van der Waals surface area contributed by atoms with Gasteiger partial charge in [-0.1, -0.05) is 12.8 Å². The fourth-order valence-corrected chi connectivity index (χ4v) is 4.06. The van der Waals surface area contributed by atoms with Gasteiger partial charge in [-0.25, -0.2) is 4.79 Å². The lowest BCUT2D eigenvalue weighted by Crippen LogP contribution is -2.37. The number of H-pyrrole nitrogens is 1. The Morgan fingerprint density at radius 1 is 1.32 bits per heavy atom. The second kappa shape index (κ2) is 5.43. The maximum atomic E-state index is 11.8. The van der Waals surface area contributed by atoms with Crippen LogP contribution in [0, 0.1) is 0 Å². The molecule has 4 heteroatoms. The van der Waals surface area contributed by atoms with Crippen molar-refractivity contribution in [3.05, 3.63) is 35.0 Å². The van der Waals surface area contributed by atoms with Crippen molar-refractivity contribution in [3.63, 3.8) is 0 Å². The largest absolute Gasteiger partial charge is 0.465 e. The number of nitrogens with one attached hydrogen (secondary N) is 1. The van der Waals surface area contributed by atoms with E-state index in [0.29, 0.717) is 5.56 Å². The quantitative estimate of drug-likeness (QED) is 0.866. The minimum Gasteiger partial charge on any atom is -0.465 e. The number of ether oxygens (including phenoxy) is 1. The molecule has 0 saturated heterocycles. The number of benzene rings is 1. The number of aromatic nitrogens is 1. The Bertz CT molecular complexity index is 713. The summed E-state index contributed by atoms with van der Waals surface area (Å²) in [6.45, 7) is 2.15. The molecule has 1 aliphatic carbocycles. The highest BCUT2D eigenvalue weighted by Gasteiger charge is 2.28. The van der Waals surface area contributed by atoms with Gasteiger partial charge in [0.05, 0.1) is 12.7 Å². The summed E-state index contributed by atoms with van der Waals surface area (Å²) < 4.78 is 4.85. The predicted octanol–water partition coefficient (Wildman–Crippen LogP) is 3.26. The van der Waals surface area contributed by atoms with E-state index in [-0.39, 0.29) is 5.97 Å². The fourth-order valence-electron chi connectivity index (χ4n) is 4.06. The first-order chi connectivity index (χ1) is 10.8. The zero-order chi connectivity index (χ0) is 15.1. The molecule has 0 bridgehead atoms. The van der Waals surface area contributed by atoms with Gasteiger partial charge in [0.25, 0.3) is 0 Å². The van der Waals surface area contributed by atoms with E-state index in [0.717, 1.165) is 31.1 Å². The number of carbonyl (C=O) groups excluding carboxylic acids is 1. The number of hydrogen-bond acceptors (Lipinski definition) is 3. The van der Waals surface area contributed by atoms with E-state index >= 15 is 0 Å². The van der Waals surface area contributed by atoms with Crippen molar-refractivity contribution in [1.29, 1.82) is 0 Å². The highest BCUT2D eigenvalue weighted by molar-refractivity contribution is 5.96. The monoisotopic (exact) mass is 298 g/mol. The van der Waals surface area contributed by atoms with E-state index < -0.39 is 0 Å². The van der Waals surface area contributed by atoms with Crippen LogP contribution in [-0.4, -0.2) is 35.5 Å². The normalized spacial score (nSPS) is 19.5. The van der Waals surface area contributed by atoms with Gasteiger partial charge in [-0.3, -0.25) is 4.90 Å². The van der Waals surface area contributed by atoms with Crippen LogP contribution >= 0.6 is 0 Å². The van der Waals surface area contributed by atoms with Gasteiger partial charge in [0, 0.05) is 42.1 Å². The Morgan fingerprint density at radius 2 is 2.14 bits per heavy atom. The van der Waals surface area contributed by atoms with Crippen LogP contribution in [0.1, 0.15) is 47.3 Å². The number of esters is 1. The number of carbonyl (C=O) groups is 1. The standard InChI is InChI=1S/C18H22N2O2/c1-22-18(21)12-6-7-16-14(10-12)15-11-20(9-8-17(15)19-16)13-4-2-3-5-13/h6-7,10,13,19H,2-5,8-9,11H2,1H3. The number of nitrogens with zero attached hydrogens (tertiary/aromatic N) is 1. The highest BCUT2D eigenvalue weighted by Crippen LogP contribution is 2.32. The van der Waals surface area contributed by atoms with Crippen LogP contribution in [0.3, 0.4) is 0 Å². The lowest BCUT2D eigenvalue weighted by molar-refractivity contribution is 0.0601. The molecule has 1 N–H and O–H groups in total. The Hall–Kier alpha value is -1.81. The molecular formula is C18H22N2O2. The van der Waals surface area contributed by atoms with Gasteiger partial charge in [0.15, 0.2) is 0 Å². The number of hydrogen-bond donors (Lipinski definition) is 1. The van der Waals surface area contributed by atoms with Crippen LogP contribution in [0.4, 0.5) is 0 Å². The molecule has 0 unspecified atom stereocenters. The molecule has 1 aliphatic heterocycles. The van der Waals surface area contributed by atoms with Crippen molar-refractivity contribution in [3.8, 4) is 0 Å². The zero-order valence-corrected chi connectivity index (χ0v) is 13.0. The maximum absolute atomic E-state index is 11.8. The Balaban J connectivity index is 1.70. The summed E-state index contributed by atoms with van der Waals surface area (Å²) in [5, 5.41) is 1.18. The second-order valence-electron chi connectivity index (χ2n) is 6.49. The Labute approximate surface area is 130 Å². The molecule has 0 spiro atoms. The van der Waals surface area contributed by atoms with Gasteiger partial charge in [-0.2, -0.15) is 0 Å². The van der Waals surface area contributed by atoms with E-state index in [1.165, 1.54) is 49.4 Å². The molecule has 0 amide bonds. The van der Waals surface area contributed by atoms with E-state index in [1.807, 2.05) is 18.2 Å². The van der Waals surface area contributed by atoms with E-state index in [4.69, 9.17) is 4.74 Å². The maximum Gasteiger partial charge on any atom is 0.337 e. The summed E-state index contributed by atoms with van der Waals surface area (Å²) in [6.07, 6.45) is 6.49. The molecule has 4 rings (SSSR count). The summed E-state index contributed by atoms with van der Waals surface area (Å²) >= 11 is 0. The molecule has 4 nitrogen and oxygen atoms in total. The average molecular weight is 298 g/mol. The Kier molecular flexibility index (Phi) is 3.41. The summed E-state index contributed by atoms with van der Waals surface area (Å²) in [6, 6.07) is 6.57. The third kappa shape index (κ3) is 2.22. The van der Waals surface area contributed by atoms with Gasteiger partial charge in [-0.05, 0) is 36.6 Å². The topological polar surface area (TPSA) is 45.3 Å². The summed E-state index contributed by atoms with van der Waals surface area (Å²) in [5.74, 6) is -0.264. The zero-order valence-electron chi connectivity index (χ0n) is 13.0. The van der Waals surface area contributed by atoms with E-state index in [2.05, 4.69) is 9.88 Å². The molecule has 1 aromatic heterocycles. The van der Waals surface area contributed by atoms with Gasteiger partial charge >= 0.3 is 5.97 Å². The number of rotatable bonds is 2. The van der Waals surface area contributed by atoms with Crippen molar-refractivity contribution in [1.82, 2.24) is 9.88 Å². The summed E-state index contributed by atoms with van der Waals surface area (Å²) in [4.78, 5) is 17.9. The molecule has 0 atom stereocenters. The first kappa shape index (κ1) is 13.8. The van der Waals surface area contributed by atoms with Gasteiger partial charge in [-0.15, -0.1) is 0 Å². The fraction of sp³-hybridized carbons (Fsp3) is 0.500. The van der Waals surface area contributed by atoms with Crippen molar-refractivity contribution >= 4 is 16.9 Å². The lowest BCUT2D eigenvalue weighted by Gasteiger charge is -2.32. The second-order valence-corrected chi connectivity index (χ2v) is 6.49. The highest BCUT2D eigenvalue weighted by atomic mass is 16.5. The van der Waals surface area contributed by atoms with E-state index in [1.54, 1.807) is 0 Å². The van der Waals surface area contributed by atoms with Crippen LogP contribution in [0.2, 0.25) is 0 Å². The van der Waals surface area contributed by atoms with Crippen LogP contribution < -0.4 is 0 Å². The predicted molar refractivity (Wildman–Crippen MR) is 86.0 cm³/mol. The third-order valence-corrected chi connectivity index (χ3v) is 5.27. The van der Waals surface area contributed by atoms with Crippen molar-refractivity contribution in [2.45, 2.75) is 44.7 Å². The van der Waals surface area contributed by atoms with Gasteiger partial charge in [0.1, 0.15) is 0 Å². The molecule has 1 saturated carbocycles. The number of fused-ring (bicyclic) bond motifs is 3. The molecule has 2 heterocycles. The first-order valence-corrected chi connectivity index (χ1v) is 8.22. The van der Waals surface area contributed by atoms with Crippen molar-refractivity contribution < 1.29 is 9.53 Å². The molecule has 22 heavy (non-hydrogen) atoms. The van der Waals surface area contributed by atoms with Crippen LogP contribution in [-0.2, 0) is 17.7 Å². The lowest BCUT2D eigenvalue weighted by atomic mass is 10.0. The van der Waals surface area contributed by atoms with Crippen molar-refractivity contribution in [2.75, 3.05) is 13.7 Å². The molecule has 1 fully saturated rings. The molecule has 2 aromatic rings. The van der Waals surface area contributed by atoms with Crippen molar-refractivity contribution in [2.24, 2.45) is 0 Å². The third-order valence-electron chi connectivity index (χ3n) is 5.27. The van der Waals surface area contributed by atoms with Crippen LogP contribution in [0.5, 0.6) is 0 Å². The molecular weight excluding hydrogens is 276 g/mol. The summed E-state index contributed by atoms with van der Waals surface area (Å²) in [5.41, 5.74) is 4.48. The van der Waals surface area contributed by atoms with Crippen LogP contribution in [0.25, 0.3) is 10.9 Å². The Morgan fingerprint density at radius 3 is 2.91 bits per heavy atom. The van der Waals surface area contributed by atoms with Crippen LogP contribution in [0.15, 0.2) is 18.2 Å². The molecule has 1 aromatic carbocycles. The first-order valence-electron chi connectivity index (χ1n) is 8.22. The molecule has 0 radical (unpaired) electrons. The SMILES string of the molecule is COC(=O)c1ccc2[nH]c3c(c2c1)CN(C1CCCC1)CC3. The minimum absolute atomic E-state index is 0.264. The minimum atomic E-state index is -0.264. The van der Waals surface area contributed by atoms with E-state index in [9.17, 15) is 4.79 Å². The molecule has 116 valence electrons. The number of methoxy groups -OCH3 is 1. The number of aromatic amines is 1. The smallest absolute Gasteiger partial charge is 0.337 e. The molecule has 2 aliphatic rings. The van der Waals surface area contributed by atoms with Gasteiger partial charge in [0.2, 0.25) is 0 Å². The average Bonchev–Trinajstić information content (AvgIpc) is 3.20.